The van der Waals surface area contributed by atoms with E-state index < -0.39 is 31.3 Å². The van der Waals surface area contributed by atoms with Crippen molar-refractivity contribution in [3.8, 4) is 11.3 Å². The van der Waals surface area contributed by atoms with E-state index >= 15 is 0 Å². The Morgan fingerprint density at radius 2 is 0.988 bits per heavy atom. The van der Waals surface area contributed by atoms with Gasteiger partial charge in [0.2, 0.25) is 31.5 Å². The first kappa shape index (κ1) is 61.9. The van der Waals surface area contributed by atoms with Crippen LogP contribution in [0.4, 0.5) is 23.4 Å². The first-order valence-corrected chi connectivity index (χ1v) is 30.8. The third-order valence-corrected chi connectivity index (χ3v) is 18.7. The quantitative estimate of drug-likeness (QED) is 0.0742. The van der Waals surface area contributed by atoms with Gasteiger partial charge in [0, 0.05) is 24.3 Å². The Morgan fingerprint density at radius 3 is 1.48 bits per heavy atom. The molecule has 1 aliphatic rings. The fraction of sp³-hybridized carbons (Fsp3) is 0.140. The van der Waals surface area contributed by atoms with Gasteiger partial charge in [0.15, 0.2) is 20.3 Å². The number of rotatable bonds is 10. The van der Waals surface area contributed by atoms with Gasteiger partial charge in [-0.25, -0.2) is 54.9 Å². The topological polar surface area (TPSA) is 209 Å². The summed E-state index contributed by atoms with van der Waals surface area (Å²) in [5, 5.41) is 7.54. The number of hydrogen-bond donors (Lipinski definition) is 2. The minimum absolute atomic E-state index is 0.0198. The summed E-state index contributed by atoms with van der Waals surface area (Å²) in [6.07, 6.45) is 0. The molecule has 0 saturated carbocycles. The fourth-order valence-electron chi connectivity index (χ4n) is 7.36. The van der Waals surface area contributed by atoms with Gasteiger partial charge in [-0.2, -0.15) is 0 Å². The van der Waals surface area contributed by atoms with Gasteiger partial charge < -0.3 is 19.9 Å². The van der Waals surface area contributed by atoms with Gasteiger partial charge in [-0.15, -0.1) is 0 Å². The Labute approximate surface area is 498 Å². The Balaban J connectivity index is 0.000000149. The lowest BCUT2D eigenvalue weighted by Crippen LogP contribution is -2.41. The van der Waals surface area contributed by atoms with Gasteiger partial charge in [-0.05, 0) is 167 Å². The highest BCUT2D eigenvalue weighted by Crippen LogP contribution is 2.37. The summed E-state index contributed by atoms with van der Waals surface area (Å²) < 4.78 is 102. The molecular weight excluding hydrogens is 1210 g/mol. The smallest absolute Gasteiger partial charge is 0.399 e. The first-order valence-electron chi connectivity index (χ1n) is 24.6. The van der Waals surface area contributed by atoms with Crippen LogP contribution >= 0.6 is 57.6 Å². The number of carbonyl (C=O) groups excluding carboxylic acids is 2. The third kappa shape index (κ3) is 16.0. The Morgan fingerprint density at radius 1 is 0.542 bits per heavy atom. The van der Waals surface area contributed by atoms with E-state index in [1.54, 1.807) is 42.5 Å². The molecule has 0 atom stereocenters. The zero-order valence-corrected chi connectivity index (χ0v) is 50.2. The van der Waals surface area contributed by atoms with E-state index in [1.165, 1.54) is 109 Å². The van der Waals surface area contributed by atoms with Crippen molar-refractivity contribution in [1.29, 1.82) is 0 Å². The molecule has 1 aliphatic heterocycles. The SMILES string of the molecule is CC(=O)Nc1nc2ccc(-c3cccc(S(=O)(=O)c4ccc(F)cc4)n3)cc2s1.CC(=O)Nc1nc2ccc(B3OC(C)(C)C(C)(C)O3)cc2s1.Fc1ccc(Sc2cccc(Cl)n2)cc1.O=S(=O)(c1ccc(F)cc1)c1cccc(Cl)n1. The van der Waals surface area contributed by atoms with E-state index in [1.807, 2.05) is 64.1 Å². The largest absolute Gasteiger partial charge is 0.494 e. The van der Waals surface area contributed by atoms with E-state index in [-0.39, 0.29) is 60.9 Å². The van der Waals surface area contributed by atoms with Crippen LogP contribution in [0.15, 0.2) is 194 Å². The molecule has 5 aromatic carbocycles. The number of anilines is 2. The van der Waals surface area contributed by atoms with E-state index in [4.69, 9.17) is 32.5 Å². The number of nitrogens with zero attached hydrogens (tertiary/aromatic N) is 5. The lowest BCUT2D eigenvalue weighted by molar-refractivity contribution is -0.115. The van der Waals surface area contributed by atoms with Crippen molar-refractivity contribution in [2.75, 3.05) is 10.6 Å². The van der Waals surface area contributed by atoms with Gasteiger partial charge in [0.05, 0.1) is 47.1 Å². The van der Waals surface area contributed by atoms with Gasteiger partial charge in [-0.1, -0.05) is 88.0 Å². The highest BCUT2D eigenvalue weighted by molar-refractivity contribution is 7.99. The summed E-state index contributed by atoms with van der Waals surface area (Å²) in [5.41, 5.74) is 3.01. The number of nitrogens with one attached hydrogen (secondary N) is 2. The van der Waals surface area contributed by atoms with Crippen LogP contribution in [-0.4, -0.2) is 71.9 Å². The van der Waals surface area contributed by atoms with Crippen molar-refractivity contribution in [3.05, 3.63) is 192 Å². The number of amides is 2. The molecule has 0 aliphatic carbocycles. The summed E-state index contributed by atoms with van der Waals surface area (Å²) in [4.78, 5) is 44.1. The van der Waals surface area contributed by atoms with E-state index in [0.717, 1.165) is 60.1 Å². The average Bonchev–Trinajstić information content (AvgIpc) is 3.23. The number of fused-ring (bicyclic) bond motifs is 2. The standard InChI is InChI=1S/C20H14FN3O3S2.C15H19BN2O3S.C11H7ClFNO2S.C11H7ClFNS/c1-12(25)22-20-24-17-10-5-13(11-18(17)28-20)16-3-2-4-19(23-16)29(26,27)15-8-6-14(21)7-9-15;1-9(19)17-13-18-11-7-6-10(8-12(11)22-13)16-20-14(2,3)15(4,5)21-16;12-10-2-1-3-11(14-10)17(15,16)9-6-4-8(13)5-7-9;12-10-2-1-3-11(14-10)15-9-6-4-8(13)5-7-9/h2-11H,1H3,(H,22,24,25);6-8H,1-5H3,(H,17,18,19);1-7H;1-7H. The molecule has 0 radical (unpaired) electrons. The van der Waals surface area contributed by atoms with Crippen LogP contribution in [-0.2, 0) is 38.6 Å². The lowest BCUT2D eigenvalue weighted by Gasteiger charge is -2.32. The molecule has 2 amide bonds. The van der Waals surface area contributed by atoms with Gasteiger partial charge in [0.1, 0.15) is 32.8 Å². The van der Waals surface area contributed by atoms with Gasteiger partial charge >= 0.3 is 7.12 Å². The predicted molar refractivity (Wildman–Crippen MR) is 320 cm³/mol. The average molecular weight is 1260 g/mol. The molecule has 426 valence electrons. The van der Waals surface area contributed by atoms with Crippen LogP contribution in [0, 0.1) is 17.5 Å². The molecule has 11 rings (SSSR count). The fourth-order valence-corrected chi connectivity index (χ4v) is 12.9. The van der Waals surface area contributed by atoms with Crippen LogP contribution in [0.25, 0.3) is 31.7 Å². The van der Waals surface area contributed by atoms with Crippen molar-refractivity contribution in [3.63, 3.8) is 0 Å². The molecule has 0 unspecified atom stereocenters. The molecule has 1 saturated heterocycles. The van der Waals surface area contributed by atoms with Crippen LogP contribution in [0.2, 0.25) is 10.3 Å². The number of carbonyl (C=O) groups is 2. The molecule has 2 N–H and O–H groups in total. The number of thiazole rings is 2. The molecule has 83 heavy (non-hydrogen) atoms. The molecule has 1 fully saturated rings. The summed E-state index contributed by atoms with van der Waals surface area (Å²) in [5.74, 6) is -1.57. The summed E-state index contributed by atoms with van der Waals surface area (Å²) >= 11 is 15.6. The van der Waals surface area contributed by atoms with E-state index in [0.29, 0.717) is 26.7 Å². The monoisotopic (exact) mass is 1260 g/mol. The minimum Gasteiger partial charge on any atom is -0.399 e. The Bertz CT molecular complexity index is 4210. The summed E-state index contributed by atoms with van der Waals surface area (Å²) in [6.45, 7) is 11.0. The number of sulfone groups is 2. The van der Waals surface area contributed by atoms with Crippen molar-refractivity contribution in [2.24, 2.45) is 0 Å². The van der Waals surface area contributed by atoms with Crippen molar-refractivity contribution < 1.29 is 48.9 Å². The van der Waals surface area contributed by atoms with E-state index in [2.05, 4.69) is 35.6 Å². The van der Waals surface area contributed by atoms with E-state index in [9.17, 15) is 39.6 Å². The third-order valence-electron chi connectivity index (χ3n) is 12.1. The van der Waals surface area contributed by atoms with Crippen LogP contribution in [0.1, 0.15) is 41.5 Å². The maximum atomic E-state index is 13.1. The number of pyridine rings is 3. The second kappa shape index (κ2) is 26.2. The second-order valence-electron chi connectivity index (χ2n) is 18.8. The molecule has 5 aromatic heterocycles. The molecule has 6 heterocycles. The normalized spacial score (nSPS) is 13.4. The second-order valence-corrected chi connectivity index (χ2v) is 26.5. The Kier molecular flexibility index (Phi) is 19.6. The summed E-state index contributed by atoms with van der Waals surface area (Å²) in [7, 11) is -8.00. The van der Waals surface area contributed by atoms with Crippen LogP contribution in [0.3, 0.4) is 0 Å². The first-order chi connectivity index (χ1) is 39.2. The summed E-state index contributed by atoms with van der Waals surface area (Å²) in [6, 6.07) is 41.2. The van der Waals surface area contributed by atoms with Crippen LogP contribution in [0.5, 0.6) is 0 Å². The maximum Gasteiger partial charge on any atom is 0.494 e. The van der Waals surface area contributed by atoms with Crippen LogP contribution < -0.4 is 16.1 Å². The zero-order chi connectivity index (χ0) is 59.9. The molecular formula is C57H47BCl2F3N7O8S5. The highest BCUT2D eigenvalue weighted by atomic mass is 35.5. The van der Waals surface area contributed by atoms with Gasteiger partial charge in [-0.3, -0.25) is 9.59 Å². The molecule has 15 nitrogen and oxygen atoms in total. The number of benzene rings is 5. The molecule has 10 aromatic rings. The molecule has 0 spiro atoms. The molecule has 26 heteroatoms. The lowest BCUT2D eigenvalue weighted by atomic mass is 9.79. The van der Waals surface area contributed by atoms with Crippen molar-refractivity contribution >= 4 is 132 Å². The molecule has 0 bridgehead atoms. The van der Waals surface area contributed by atoms with Gasteiger partial charge in [0.25, 0.3) is 0 Å². The number of aromatic nitrogens is 5. The highest BCUT2D eigenvalue weighted by Gasteiger charge is 2.51. The van der Waals surface area contributed by atoms with Crippen molar-refractivity contribution in [1.82, 2.24) is 24.9 Å². The maximum absolute atomic E-state index is 13.1. The zero-order valence-electron chi connectivity index (χ0n) is 44.6. The number of halogens is 5. The predicted octanol–water partition coefficient (Wildman–Crippen LogP) is 13.6. The Hall–Kier alpha value is -7.13. The van der Waals surface area contributed by atoms with Crippen molar-refractivity contribution in [2.45, 2.75) is 82.5 Å². The number of hydrogen-bond acceptors (Lipinski definition) is 16. The minimum atomic E-state index is -3.87.